The van der Waals surface area contributed by atoms with Gasteiger partial charge in [0.25, 0.3) is 0 Å². The van der Waals surface area contributed by atoms with Crippen molar-refractivity contribution in [2.75, 3.05) is 6.61 Å². The van der Waals surface area contributed by atoms with Crippen LogP contribution in [0.5, 0.6) is 11.5 Å². The lowest BCUT2D eigenvalue weighted by molar-refractivity contribution is 0.268. The normalized spacial score (nSPS) is 22.3. The van der Waals surface area contributed by atoms with Crippen LogP contribution >= 0.6 is 0 Å². The maximum atomic E-state index is 10.0. The quantitative estimate of drug-likeness (QED) is 0.716. The highest BCUT2D eigenvalue weighted by Gasteiger charge is 2.32. The minimum Gasteiger partial charge on any atom is -0.504 e. The molecule has 3 N–H and O–H groups in total. The third-order valence-corrected chi connectivity index (χ3v) is 3.48. The van der Waals surface area contributed by atoms with Gasteiger partial charge >= 0.3 is 0 Å². The SMILES string of the molecule is OCCCC1(c2cccc(O)c2O)C=CC=CC1. The molecule has 1 aromatic rings. The van der Waals surface area contributed by atoms with Gasteiger partial charge in [0.1, 0.15) is 0 Å². The summed E-state index contributed by atoms with van der Waals surface area (Å²) in [6, 6.07) is 5.04. The number of para-hydroxylation sites is 1. The van der Waals surface area contributed by atoms with Crippen LogP contribution in [0.4, 0.5) is 0 Å². The van der Waals surface area contributed by atoms with Gasteiger partial charge < -0.3 is 15.3 Å². The molecular weight excluding hydrogens is 228 g/mol. The summed E-state index contributed by atoms with van der Waals surface area (Å²) in [5, 5.41) is 28.7. The molecular formula is C15H18O3. The van der Waals surface area contributed by atoms with Crippen LogP contribution in [-0.4, -0.2) is 21.9 Å². The van der Waals surface area contributed by atoms with Crippen molar-refractivity contribution >= 4 is 0 Å². The van der Waals surface area contributed by atoms with E-state index in [4.69, 9.17) is 5.11 Å². The van der Waals surface area contributed by atoms with Crippen LogP contribution < -0.4 is 0 Å². The fourth-order valence-corrected chi connectivity index (χ4v) is 2.51. The van der Waals surface area contributed by atoms with Gasteiger partial charge in [-0.05, 0) is 25.3 Å². The summed E-state index contributed by atoms with van der Waals surface area (Å²) in [4.78, 5) is 0. The van der Waals surface area contributed by atoms with Gasteiger partial charge in [-0.25, -0.2) is 0 Å². The van der Waals surface area contributed by atoms with Gasteiger partial charge in [0.15, 0.2) is 11.5 Å². The zero-order valence-electron chi connectivity index (χ0n) is 10.2. The lowest BCUT2D eigenvalue weighted by Gasteiger charge is -2.32. The molecule has 3 heteroatoms. The summed E-state index contributed by atoms with van der Waals surface area (Å²) in [6.07, 6.45) is 10.2. The molecule has 2 rings (SSSR count). The molecule has 1 aliphatic carbocycles. The standard InChI is InChI=1S/C15H18O3/c16-11-5-10-15(8-2-1-3-9-15)12-6-4-7-13(17)14(12)18/h1-4,6-8,16-18H,5,9-11H2. The topological polar surface area (TPSA) is 60.7 Å². The van der Waals surface area contributed by atoms with Crippen LogP contribution in [0.3, 0.4) is 0 Å². The Bertz CT molecular complexity index is 477. The maximum absolute atomic E-state index is 10.0. The maximum Gasteiger partial charge on any atom is 0.161 e. The van der Waals surface area contributed by atoms with Gasteiger partial charge in [0.05, 0.1) is 0 Å². The zero-order valence-corrected chi connectivity index (χ0v) is 10.2. The molecule has 0 saturated heterocycles. The predicted octanol–water partition coefficient (Wildman–Crippen LogP) is 2.62. The van der Waals surface area contributed by atoms with Crippen molar-refractivity contribution < 1.29 is 15.3 Å². The molecule has 0 radical (unpaired) electrons. The molecule has 1 aromatic carbocycles. The van der Waals surface area contributed by atoms with E-state index in [9.17, 15) is 10.2 Å². The van der Waals surface area contributed by atoms with Crippen LogP contribution in [0, 0.1) is 0 Å². The number of benzene rings is 1. The van der Waals surface area contributed by atoms with Crippen molar-refractivity contribution in [1.29, 1.82) is 0 Å². The molecule has 1 atom stereocenters. The van der Waals surface area contributed by atoms with Crippen LogP contribution in [0.25, 0.3) is 0 Å². The average Bonchev–Trinajstić information content (AvgIpc) is 2.40. The van der Waals surface area contributed by atoms with Gasteiger partial charge in [-0.2, -0.15) is 0 Å². The first-order valence-corrected chi connectivity index (χ1v) is 6.16. The number of rotatable bonds is 4. The first-order valence-electron chi connectivity index (χ1n) is 6.16. The Morgan fingerprint density at radius 1 is 1.17 bits per heavy atom. The number of aliphatic hydroxyl groups excluding tert-OH is 1. The Morgan fingerprint density at radius 2 is 2.00 bits per heavy atom. The second kappa shape index (κ2) is 5.27. The Hall–Kier alpha value is -1.74. The average molecular weight is 246 g/mol. The molecule has 96 valence electrons. The molecule has 0 spiro atoms. The number of hydrogen-bond donors (Lipinski definition) is 3. The largest absolute Gasteiger partial charge is 0.504 e. The number of phenolic OH excluding ortho intramolecular Hbond substituents is 2. The van der Waals surface area contributed by atoms with E-state index < -0.39 is 0 Å². The smallest absolute Gasteiger partial charge is 0.161 e. The van der Waals surface area contributed by atoms with Crippen molar-refractivity contribution in [1.82, 2.24) is 0 Å². The summed E-state index contributed by atoms with van der Waals surface area (Å²) >= 11 is 0. The number of phenols is 2. The van der Waals surface area contributed by atoms with E-state index in [1.807, 2.05) is 30.4 Å². The second-order valence-electron chi connectivity index (χ2n) is 4.65. The molecule has 18 heavy (non-hydrogen) atoms. The van der Waals surface area contributed by atoms with E-state index in [-0.39, 0.29) is 23.5 Å². The summed E-state index contributed by atoms with van der Waals surface area (Å²) < 4.78 is 0. The van der Waals surface area contributed by atoms with E-state index >= 15 is 0 Å². The van der Waals surface area contributed by atoms with Gasteiger partial charge in [0, 0.05) is 17.6 Å². The molecule has 0 fully saturated rings. The van der Waals surface area contributed by atoms with Crippen LogP contribution in [0.2, 0.25) is 0 Å². The first-order chi connectivity index (χ1) is 8.69. The van der Waals surface area contributed by atoms with Gasteiger partial charge in [-0.3, -0.25) is 0 Å². The van der Waals surface area contributed by atoms with E-state index in [1.165, 1.54) is 6.07 Å². The summed E-state index contributed by atoms with van der Waals surface area (Å²) in [7, 11) is 0. The van der Waals surface area contributed by atoms with Gasteiger partial charge in [-0.15, -0.1) is 0 Å². The highest BCUT2D eigenvalue weighted by atomic mass is 16.3. The number of allylic oxidation sites excluding steroid dienone is 4. The van der Waals surface area contributed by atoms with Crippen molar-refractivity contribution in [3.63, 3.8) is 0 Å². The Balaban J connectivity index is 2.43. The summed E-state index contributed by atoms with van der Waals surface area (Å²) in [5.74, 6) is -0.158. The minimum atomic E-state index is -0.333. The molecule has 1 unspecified atom stereocenters. The molecule has 0 saturated carbocycles. The molecule has 0 heterocycles. The van der Waals surface area contributed by atoms with E-state index in [2.05, 4.69) is 0 Å². The first kappa shape index (κ1) is 12.7. The molecule has 1 aliphatic rings. The van der Waals surface area contributed by atoms with Crippen molar-refractivity contribution in [3.05, 3.63) is 48.1 Å². The van der Waals surface area contributed by atoms with Crippen LogP contribution in [0.15, 0.2) is 42.5 Å². The zero-order chi connectivity index (χ0) is 13.0. The number of hydrogen-bond acceptors (Lipinski definition) is 3. The third kappa shape index (κ3) is 2.27. The van der Waals surface area contributed by atoms with E-state index in [0.29, 0.717) is 6.42 Å². The lowest BCUT2D eigenvalue weighted by Crippen LogP contribution is -2.24. The van der Waals surface area contributed by atoms with Gasteiger partial charge in [0.2, 0.25) is 0 Å². The lowest BCUT2D eigenvalue weighted by atomic mass is 9.72. The fourth-order valence-electron chi connectivity index (χ4n) is 2.51. The predicted molar refractivity (Wildman–Crippen MR) is 70.7 cm³/mol. The fraction of sp³-hybridized carbons (Fsp3) is 0.333. The monoisotopic (exact) mass is 246 g/mol. The van der Waals surface area contributed by atoms with Crippen molar-refractivity contribution in [2.24, 2.45) is 0 Å². The number of aromatic hydroxyl groups is 2. The van der Waals surface area contributed by atoms with Crippen molar-refractivity contribution in [3.8, 4) is 11.5 Å². The third-order valence-electron chi connectivity index (χ3n) is 3.48. The highest BCUT2D eigenvalue weighted by Crippen LogP contribution is 2.44. The summed E-state index contributed by atoms with van der Waals surface area (Å²) in [5.41, 5.74) is 0.386. The Labute approximate surface area is 107 Å². The van der Waals surface area contributed by atoms with Crippen LogP contribution in [-0.2, 0) is 5.41 Å². The molecule has 0 aliphatic heterocycles. The minimum absolute atomic E-state index is 0.0598. The molecule has 0 bridgehead atoms. The van der Waals surface area contributed by atoms with Crippen molar-refractivity contribution in [2.45, 2.75) is 24.7 Å². The second-order valence-corrected chi connectivity index (χ2v) is 4.65. The number of aliphatic hydroxyl groups is 1. The highest BCUT2D eigenvalue weighted by molar-refractivity contribution is 5.51. The Kier molecular flexibility index (Phi) is 3.72. The molecule has 3 nitrogen and oxygen atoms in total. The Morgan fingerprint density at radius 3 is 2.67 bits per heavy atom. The van der Waals surface area contributed by atoms with E-state index in [1.54, 1.807) is 6.07 Å². The van der Waals surface area contributed by atoms with E-state index in [0.717, 1.165) is 18.4 Å². The van der Waals surface area contributed by atoms with Gasteiger partial charge in [-0.1, -0.05) is 36.4 Å². The molecule has 0 amide bonds. The molecule has 0 aromatic heterocycles. The summed E-state index contributed by atoms with van der Waals surface area (Å²) in [6.45, 7) is 0.124. The van der Waals surface area contributed by atoms with Crippen LogP contribution in [0.1, 0.15) is 24.8 Å².